The van der Waals surface area contributed by atoms with Crippen molar-refractivity contribution in [2.45, 2.75) is 19.6 Å². The molecular weight excluding hydrogens is 248 g/mol. The van der Waals surface area contributed by atoms with Crippen molar-refractivity contribution in [2.75, 3.05) is 6.61 Å². The van der Waals surface area contributed by atoms with Crippen molar-refractivity contribution in [3.05, 3.63) is 41.0 Å². The molecule has 2 aromatic rings. The first kappa shape index (κ1) is 11.5. The fourth-order valence-corrected chi connectivity index (χ4v) is 2.99. The summed E-state index contributed by atoms with van der Waals surface area (Å²) >= 11 is 1.56. The quantitative estimate of drug-likeness (QED) is 0.924. The third-order valence-corrected chi connectivity index (χ3v) is 3.82. The van der Waals surface area contributed by atoms with Gasteiger partial charge in [-0.3, -0.25) is 4.79 Å². The fourth-order valence-electron chi connectivity index (χ4n) is 2.09. The molecule has 0 spiro atoms. The smallest absolute Gasteiger partial charge is 0.256 e. The minimum Gasteiger partial charge on any atom is -0.353 e. The van der Waals surface area contributed by atoms with Crippen molar-refractivity contribution in [2.24, 2.45) is 0 Å². The van der Waals surface area contributed by atoms with Gasteiger partial charge in [-0.15, -0.1) is 11.3 Å². The largest absolute Gasteiger partial charge is 0.353 e. The highest BCUT2D eigenvalue weighted by atomic mass is 32.1. The Hall–Kier alpha value is -1.59. The van der Waals surface area contributed by atoms with Crippen molar-refractivity contribution < 1.29 is 9.53 Å². The molecule has 1 atom stereocenters. The normalized spacial score (nSPS) is 17.8. The summed E-state index contributed by atoms with van der Waals surface area (Å²) in [6.45, 7) is 2.68. The second-order valence-electron chi connectivity index (χ2n) is 4.17. The Kier molecular flexibility index (Phi) is 2.93. The molecule has 0 saturated heterocycles. The molecule has 2 aromatic heterocycles. The third-order valence-electron chi connectivity index (χ3n) is 2.91. The minimum atomic E-state index is -0.368. The van der Waals surface area contributed by atoms with Gasteiger partial charge in [-0.05, 0) is 30.0 Å². The summed E-state index contributed by atoms with van der Waals surface area (Å²) in [6.07, 6.45) is 2.52. The molecule has 0 fully saturated rings. The van der Waals surface area contributed by atoms with Gasteiger partial charge in [0, 0.05) is 12.8 Å². The van der Waals surface area contributed by atoms with Crippen molar-refractivity contribution in [1.29, 1.82) is 0 Å². The standard InChI is InChI=1S/C13H14N2O2S/c1-2-7-17-12-10-4-3-6-15(10)13-9(5-8-18-13)11(16)14-12/h3-6,8,12H,2,7H2,1H3,(H,14,16). The zero-order chi connectivity index (χ0) is 12.5. The Balaban J connectivity index is 2.05. The van der Waals surface area contributed by atoms with Crippen LogP contribution in [0.3, 0.4) is 0 Å². The van der Waals surface area contributed by atoms with Crippen molar-refractivity contribution in [1.82, 2.24) is 9.88 Å². The molecule has 1 aliphatic rings. The van der Waals surface area contributed by atoms with Crippen LogP contribution in [-0.2, 0) is 4.74 Å². The first-order chi connectivity index (χ1) is 8.81. The highest BCUT2D eigenvalue weighted by Crippen LogP contribution is 2.30. The molecule has 0 saturated carbocycles. The average molecular weight is 262 g/mol. The number of carbonyl (C=O) groups is 1. The molecule has 1 N–H and O–H groups in total. The number of hydrogen-bond donors (Lipinski definition) is 1. The van der Waals surface area contributed by atoms with Crippen LogP contribution in [0.25, 0.3) is 5.00 Å². The Morgan fingerprint density at radius 1 is 1.50 bits per heavy atom. The summed E-state index contributed by atoms with van der Waals surface area (Å²) in [5.74, 6) is -0.0731. The van der Waals surface area contributed by atoms with Gasteiger partial charge in [-0.1, -0.05) is 6.92 Å². The number of hydrogen-bond acceptors (Lipinski definition) is 3. The number of carbonyl (C=O) groups excluding carboxylic acids is 1. The fraction of sp³-hybridized carbons (Fsp3) is 0.308. The summed E-state index contributed by atoms with van der Waals surface area (Å²) < 4.78 is 7.75. The maximum Gasteiger partial charge on any atom is 0.256 e. The van der Waals surface area contributed by atoms with Crippen molar-refractivity contribution >= 4 is 17.2 Å². The Morgan fingerprint density at radius 2 is 2.39 bits per heavy atom. The molecule has 94 valence electrons. The molecule has 3 rings (SSSR count). The lowest BCUT2D eigenvalue weighted by molar-refractivity contribution is 0.0248. The molecule has 0 aromatic carbocycles. The van der Waals surface area contributed by atoms with E-state index in [1.165, 1.54) is 0 Å². The number of ether oxygens (including phenoxy) is 1. The predicted molar refractivity (Wildman–Crippen MR) is 70.1 cm³/mol. The zero-order valence-corrected chi connectivity index (χ0v) is 10.9. The SMILES string of the molecule is CCCOC1NC(=O)c2ccsc2-n2cccc21. The maximum atomic E-state index is 12.1. The average Bonchev–Trinajstić information content (AvgIpc) is 2.99. The summed E-state index contributed by atoms with van der Waals surface area (Å²) in [5.41, 5.74) is 1.68. The van der Waals surface area contributed by atoms with Gasteiger partial charge in [-0.2, -0.15) is 0 Å². The molecule has 18 heavy (non-hydrogen) atoms. The van der Waals surface area contributed by atoms with E-state index >= 15 is 0 Å². The van der Waals surface area contributed by atoms with Crippen molar-refractivity contribution in [3.8, 4) is 5.00 Å². The van der Waals surface area contributed by atoms with Gasteiger partial charge in [0.1, 0.15) is 5.00 Å². The number of thiophene rings is 1. The molecule has 0 aliphatic carbocycles. The van der Waals surface area contributed by atoms with Crippen LogP contribution in [0.15, 0.2) is 29.8 Å². The second-order valence-corrected chi connectivity index (χ2v) is 5.06. The topological polar surface area (TPSA) is 43.3 Å². The van der Waals surface area contributed by atoms with Crippen LogP contribution in [0.1, 0.15) is 35.6 Å². The lowest BCUT2D eigenvalue weighted by Crippen LogP contribution is -2.29. The van der Waals surface area contributed by atoms with Crippen LogP contribution < -0.4 is 5.32 Å². The maximum absolute atomic E-state index is 12.1. The molecular formula is C13H14N2O2S. The first-order valence-electron chi connectivity index (χ1n) is 5.99. The summed E-state index contributed by atoms with van der Waals surface area (Å²) in [4.78, 5) is 12.1. The predicted octanol–water partition coefficient (Wildman–Crippen LogP) is 2.71. The third kappa shape index (κ3) is 1.76. The number of fused-ring (bicyclic) bond motifs is 3. The summed E-state index contributed by atoms with van der Waals surface area (Å²) in [6, 6.07) is 5.80. The van der Waals surface area contributed by atoms with Gasteiger partial charge >= 0.3 is 0 Å². The van der Waals surface area contributed by atoms with Crippen molar-refractivity contribution in [3.63, 3.8) is 0 Å². The first-order valence-corrected chi connectivity index (χ1v) is 6.87. The van der Waals surface area contributed by atoms with E-state index in [2.05, 4.69) is 5.32 Å². The Labute approximate surface area is 109 Å². The number of aromatic nitrogens is 1. The van der Waals surface area contributed by atoms with Crippen LogP contribution in [0.5, 0.6) is 0 Å². The monoisotopic (exact) mass is 262 g/mol. The number of amides is 1. The Bertz CT molecular complexity index is 573. The number of rotatable bonds is 3. The van der Waals surface area contributed by atoms with Gasteiger partial charge in [0.25, 0.3) is 5.91 Å². The second kappa shape index (κ2) is 4.59. The van der Waals surface area contributed by atoms with Gasteiger partial charge < -0.3 is 14.6 Å². The van der Waals surface area contributed by atoms with E-state index in [0.29, 0.717) is 12.2 Å². The van der Waals surface area contributed by atoms with E-state index in [-0.39, 0.29) is 12.1 Å². The lowest BCUT2D eigenvalue weighted by atomic mass is 10.3. The highest BCUT2D eigenvalue weighted by Gasteiger charge is 2.27. The van der Waals surface area contributed by atoms with Crippen LogP contribution in [0, 0.1) is 0 Å². The van der Waals surface area contributed by atoms with Gasteiger partial charge in [0.15, 0.2) is 6.23 Å². The summed E-state index contributed by atoms with van der Waals surface area (Å²) in [7, 11) is 0. The van der Waals surface area contributed by atoms with Crippen LogP contribution >= 0.6 is 11.3 Å². The van der Waals surface area contributed by atoms with Crippen LogP contribution in [-0.4, -0.2) is 17.1 Å². The van der Waals surface area contributed by atoms with Gasteiger partial charge in [0.2, 0.25) is 0 Å². The lowest BCUT2D eigenvalue weighted by Gasteiger charge is -2.17. The van der Waals surface area contributed by atoms with Gasteiger partial charge in [0.05, 0.1) is 11.3 Å². The molecule has 0 radical (unpaired) electrons. The van der Waals surface area contributed by atoms with Crippen LogP contribution in [0.2, 0.25) is 0 Å². The number of nitrogens with one attached hydrogen (secondary N) is 1. The molecule has 5 heteroatoms. The molecule has 3 heterocycles. The minimum absolute atomic E-state index is 0.0731. The molecule has 1 amide bonds. The molecule has 1 unspecified atom stereocenters. The molecule has 1 aliphatic heterocycles. The van der Waals surface area contributed by atoms with E-state index in [1.54, 1.807) is 11.3 Å². The zero-order valence-electron chi connectivity index (χ0n) is 10.1. The van der Waals surface area contributed by atoms with E-state index in [0.717, 1.165) is 17.1 Å². The van der Waals surface area contributed by atoms with Gasteiger partial charge in [-0.25, -0.2) is 0 Å². The summed E-state index contributed by atoms with van der Waals surface area (Å²) in [5, 5.41) is 5.81. The molecule has 4 nitrogen and oxygen atoms in total. The Morgan fingerprint density at radius 3 is 3.22 bits per heavy atom. The highest BCUT2D eigenvalue weighted by molar-refractivity contribution is 7.13. The molecule has 0 bridgehead atoms. The van der Waals surface area contributed by atoms with E-state index in [4.69, 9.17) is 4.74 Å². The van der Waals surface area contributed by atoms with Crippen LogP contribution in [0.4, 0.5) is 0 Å². The van der Waals surface area contributed by atoms with E-state index in [9.17, 15) is 4.79 Å². The van der Waals surface area contributed by atoms with E-state index < -0.39 is 0 Å². The van der Waals surface area contributed by atoms with E-state index in [1.807, 2.05) is 41.3 Å². The number of nitrogens with zero attached hydrogens (tertiary/aromatic N) is 1.